The summed E-state index contributed by atoms with van der Waals surface area (Å²) >= 11 is 7.18. The van der Waals surface area contributed by atoms with Crippen LogP contribution in [0.2, 0.25) is 5.02 Å². The van der Waals surface area contributed by atoms with Gasteiger partial charge in [-0.15, -0.1) is 5.10 Å². The van der Waals surface area contributed by atoms with Gasteiger partial charge in [0.25, 0.3) is 0 Å². The fraction of sp³-hybridized carbons (Fsp3) is 0.227. The van der Waals surface area contributed by atoms with E-state index in [4.69, 9.17) is 16.3 Å². The van der Waals surface area contributed by atoms with E-state index in [9.17, 15) is 4.79 Å². The minimum atomic E-state index is -0.313. The summed E-state index contributed by atoms with van der Waals surface area (Å²) in [6.45, 7) is 2.72. The topological polar surface area (TPSA) is 71.1 Å². The minimum absolute atomic E-state index is 0.00844. The number of amides is 1. The molecule has 1 N–H and O–H groups in total. The van der Waals surface area contributed by atoms with Gasteiger partial charge in [-0.3, -0.25) is 9.89 Å². The lowest BCUT2D eigenvalue weighted by Gasteiger charge is -2.20. The van der Waals surface area contributed by atoms with Crippen molar-refractivity contribution in [1.29, 1.82) is 0 Å². The number of H-pyrrole nitrogens is 1. The number of likely N-dealkylation sites (N-methyl/N-ethyl adjacent to an activating group) is 1. The first-order chi connectivity index (χ1) is 14.5. The second kappa shape index (κ2) is 10.8. The van der Waals surface area contributed by atoms with Crippen molar-refractivity contribution >= 4 is 41.4 Å². The van der Waals surface area contributed by atoms with Crippen LogP contribution in [0.3, 0.4) is 0 Å². The number of rotatable bonds is 9. The third kappa shape index (κ3) is 6.64. The third-order valence-electron chi connectivity index (χ3n) is 4.23. The molecule has 0 fully saturated rings. The Morgan fingerprint density at radius 1 is 1.20 bits per heavy atom. The molecule has 1 atom stereocenters. The highest BCUT2D eigenvalue weighted by Crippen LogP contribution is 2.21. The number of hydrogen-bond donors (Lipinski definition) is 1. The van der Waals surface area contributed by atoms with Crippen molar-refractivity contribution in [3.63, 3.8) is 0 Å². The second-order valence-corrected chi connectivity index (χ2v) is 8.31. The van der Waals surface area contributed by atoms with E-state index < -0.39 is 0 Å². The summed E-state index contributed by atoms with van der Waals surface area (Å²) in [4.78, 5) is 18.7. The zero-order valence-electron chi connectivity index (χ0n) is 16.8. The molecular formula is C22H23ClN4O2S. The van der Waals surface area contributed by atoms with Gasteiger partial charge < -0.3 is 9.64 Å². The monoisotopic (exact) mass is 442 g/mol. The lowest BCUT2D eigenvalue weighted by Crippen LogP contribution is -2.36. The maximum atomic E-state index is 12.6. The molecule has 3 aromatic rings. The van der Waals surface area contributed by atoms with Crippen molar-refractivity contribution in [2.24, 2.45) is 0 Å². The van der Waals surface area contributed by atoms with Crippen LogP contribution >= 0.6 is 23.4 Å². The number of carbonyl (C=O) groups excluding carboxylic acids is 1. The molecule has 1 amide bonds. The number of ether oxygens (including phenoxy) is 1. The fourth-order valence-electron chi connectivity index (χ4n) is 2.59. The number of aromatic amines is 1. The van der Waals surface area contributed by atoms with Gasteiger partial charge in [0, 0.05) is 12.1 Å². The Morgan fingerprint density at radius 2 is 1.93 bits per heavy atom. The zero-order chi connectivity index (χ0) is 21.3. The summed E-state index contributed by atoms with van der Waals surface area (Å²) in [7, 11) is 1.76. The van der Waals surface area contributed by atoms with E-state index in [2.05, 4.69) is 15.2 Å². The highest BCUT2D eigenvalue weighted by molar-refractivity contribution is 8.00. The normalized spacial score (nSPS) is 12.1. The van der Waals surface area contributed by atoms with Crippen molar-refractivity contribution in [3.05, 3.63) is 71.0 Å². The molecule has 1 unspecified atom stereocenters. The molecule has 3 rings (SSSR count). The predicted molar refractivity (Wildman–Crippen MR) is 122 cm³/mol. The van der Waals surface area contributed by atoms with Crippen LogP contribution in [0.4, 0.5) is 0 Å². The second-order valence-electron chi connectivity index (χ2n) is 6.57. The lowest BCUT2D eigenvalue weighted by molar-refractivity contribution is -0.129. The van der Waals surface area contributed by atoms with Crippen LogP contribution in [0.5, 0.6) is 5.75 Å². The molecule has 2 aromatic carbocycles. The van der Waals surface area contributed by atoms with Gasteiger partial charge in [0.05, 0.1) is 11.8 Å². The van der Waals surface area contributed by atoms with Crippen LogP contribution in [0.15, 0.2) is 59.8 Å². The maximum Gasteiger partial charge on any atom is 0.235 e. The van der Waals surface area contributed by atoms with Gasteiger partial charge in [0.2, 0.25) is 11.1 Å². The summed E-state index contributed by atoms with van der Waals surface area (Å²) in [5.74, 6) is 1.36. The van der Waals surface area contributed by atoms with Crippen LogP contribution in [-0.4, -0.2) is 51.4 Å². The quantitative estimate of drug-likeness (QED) is 0.488. The summed E-state index contributed by atoms with van der Waals surface area (Å²) in [5.41, 5.74) is 1.08. The molecule has 0 bridgehead atoms. The molecule has 8 heteroatoms. The van der Waals surface area contributed by atoms with Crippen molar-refractivity contribution in [2.75, 3.05) is 20.2 Å². The average molecular weight is 443 g/mol. The molecule has 30 heavy (non-hydrogen) atoms. The number of thioether (sulfide) groups is 1. The molecular weight excluding hydrogens is 420 g/mol. The van der Waals surface area contributed by atoms with Gasteiger partial charge in [-0.25, -0.2) is 4.98 Å². The number of benzene rings is 2. The highest BCUT2D eigenvalue weighted by Gasteiger charge is 2.20. The summed E-state index contributed by atoms with van der Waals surface area (Å²) in [6.07, 6.45) is 3.82. The number of aromatic nitrogens is 3. The van der Waals surface area contributed by atoms with Crippen LogP contribution in [0.1, 0.15) is 18.3 Å². The van der Waals surface area contributed by atoms with Crippen molar-refractivity contribution in [2.45, 2.75) is 17.3 Å². The standard InChI is InChI=1S/C22H23ClN4O2S/c1-16(21(28)27(2)14-15-29-19-11-9-18(23)10-12-19)30-22-24-20(25-26-22)13-8-17-6-4-3-5-7-17/h3-13,16H,14-15H2,1-2H3,(H,24,25,26)/b13-8+. The molecule has 0 radical (unpaired) electrons. The van der Waals surface area contributed by atoms with E-state index in [1.807, 2.05) is 49.4 Å². The van der Waals surface area contributed by atoms with Gasteiger partial charge in [0.1, 0.15) is 18.2 Å². The zero-order valence-corrected chi connectivity index (χ0v) is 18.4. The SMILES string of the molecule is CC(Sc1n[nH]c(/C=C/c2ccccc2)n1)C(=O)N(C)CCOc1ccc(Cl)cc1. The number of nitrogens with zero attached hydrogens (tertiary/aromatic N) is 3. The first-order valence-electron chi connectivity index (χ1n) is 9.47. The average Bonchev–Trinajstić information content (AvgIpc) is 3.21. The first kappa shape index (κ1) is 21.9. The van der Waals surface area contributed by atoms with Gasteiger partial charge in [-0.1, -0.05) is 59.8 Å². The van der Waals surface area contributed by atoms with Gasteiger partial charge in [-0.05, 0) is 42.8 Å². The van der Waals surface area contributed by atoms with E-state index >= 15 is 0 Å². The van der Waals surface area contributed by atoms with E-state index in [1.54, 1.807) is 36.2 Å². The number of nitrogens with one attached hydrogen (secondary N) is 1. The lowest BCUT2D eigenvalue weighted by atomic mass is 10.2. The van der Waals surface area contributed by atoms with Crippen LogP contribution in [0, 0.1) is 0 Å². The fourth-order valence-corrected chi connectivity index (χ4v) is 3.56. The Labute approximate surface area is 185 Å². The van der Waals surface area contributed by atoms with Crippen molar-refractivity contribution in [1.82, 2.24) is 20.1 Å². The molecule has 1 aromatic heterocycles. The molecule has 156 valence electrons. The Balaban J connectivity index is 1.46. The molecule has 0 aliphatic heterocycles. The molecule has 0 aliphatic rings. The van der Waals surface area contributed by atoms with Gasteiger partial charge in [0.15, 0.2) is 0 Å². The van der Waals surface area contributed by atoms with Crippen LogP contribution < -0.4 is 4.74 Å². The van der Waals surface area contributed by atoms with Gasteiger partial charge >= 0.3 is 0 Å². The third-order valence-corrected chi connectivity index (χ3v) is 5.43. The predicted octanol–water partition coefficient (Wildman–Crippen LogP) is 4.65. The molecule has 0 aliphatic carbocycles. The smallest absolute Gasteiger partial charge is 0.235 e. The molecule has 0 spiro atoms. The molecule has 6 nitrogen and oxygen atoms in total. The number of hydrogen-bond acceptors (Lipinski definition) is 5. The van der Waals surface area contributed by atoms with E-state index in [-0.39, 0.29) is 11.2 Å². The largest absolute Gasteiger partial charge is 0.492 e. The van der Waals surface area contributed by atoms with Crippen LogP contribution in [0.25, 0.3) is 12.2 Å². The highest BCUT2D eigenvalue weighted by atomic mass is 35.5. The summed E-state index contributed by atoms with van der Waals surface area (Å²) in [5, 5.41) is 7.95. The molecule has 0 saturated heterocycles. The van der Waals surface area contributed by atoms with Crippen LogP contribution in [-0.2, 0) is 4.79 Å². The Bertz CT molecular complexity index is 976. The Hall–Kier alpha value is -2.77. The first-order valence-corrected chi connectivity index (χ1v) is 10.7. The molecule has 1 heterocycles. The minimum Gasteiger partial charge on any atom is -0.492 e. The summed E-state index contributed by atoms with van der Waals surface area (Å²) in [6, 6.07) is 17.1. The number of halogens is 1. The number of carbonyl (C=O) groups is 1. The Kier molecular flexibility index (Phi) is 7.93. The van der Waals surface area contributed by atoms with E-state index in [0.717, 1.165) is 11.3 Å². The maximum absolute atomic E-state index is 12.6. The molecule has 0 saturated carbocycles. The van der Waals surface area contributed by atoms with Crippen molar-refractivity contribution in [3.8, 4) is 5.75 Å². The summed E-state index contributed by atoms with van der Waals surface area (Å²) < 4.78 is 5.65. The van der Waals surface area contributed by atoms with E-state index in [0.29, 0.717) is 29.2 Å². The van der Waals surface area contributed by atoms with Crippen molar-refractivity contribution < 1.29 is 9.53 Å². The van der Waals surface area contributed by atoms with Gasteiger partial charge in [-0.2, -0.15) is 0 Å². The van der Waals surface area contributed by atoms with E-state index in [1.165, 1.54) is 11.8 Å². The Morgan fingerprint density at radius 3 is 2.67 bits per heavy atom.